The molecule has 0 unspecified atom stereocenters. The van der Waals surface area contributed by atoms with Gasteiger partial charge in [-0.15, -0.1) is 0 Å². The van der Waals surface area contributed by atoms with Crippen LogP contribution in [-0.2, 0) is 0 Å². The van der Waals surface area contributed by atoms with Gasteiger partial charge < -0.3 is 5.73 Å². The fourth-order valence-corrected chi connectivity index (χ4v) is 1.29. The van der Waals surface area contributed by atoms with Crippen molar-refractivity contribution in [3.8, 4) is 0 Å². The molecular formula is C12H15F2N. The summed E-state index contributed by atoms with van der Waals surface area (Å²) in [5, 5.41) is 0. The molecule has 1 aromatic rings. The monoisotopic (exact) mass is 211 g/mol. The summed E-state index contributed by atoms with van der Waals surface area (Å²) in [6.07, 6.45) is 1.61. The van der Waals surface area contributed by atoms with Gasteiger partial charge in [0.05, 0.1) is 0 Å². The molecule has 0 amide bonds. The highest BCUT2D eigenvalue weighted by Gasteiger charge is 2.05. The quantitative estimate of drug-likeness (QED) is 0.817. The van der Waals surface area contributed by atoms with Crippen LogP contribution in [-0.4, -0.2) is 6.54 Å². The highest BCUT2D eigenvalue weighted by atomic mass is 19.1. The molecule has 0 bridgehead atoms. The van der Waals surface area contributed by atoms with Gasteiger partial charge in [0.25, 0.3) is 0 Å². The Hall–Kier alpha value is -1.22. The fourth-order valence-electron chi connectivity index (χ4n) is 1.29. The van der Waals surface area contributed by atoms with Gasteiger partial charge in [-0.05, 0) is 24.1 Å². The van der Waals surface area contributed by atoms with Gasteiger partial charge in [0.2, 0.25) is 0 Å². The summed E-state index contributed by atoms with van der Waals surface area (Å²) in [7, 11) is 0. The maximum Gasteiger partial charge on any atom is 0.130 e. The normalized spacial score (nSPS) is 12.3. The molecule has 0 saturated carbocycles. The van der Waals surface area contributed by atoms with Gasteiger partial charge in [-0.3, -0.25) is 0 Å². The predicted octanol–water partition coefficient (Wildman–Crippen LogP) is 2.96. The lowest BCUT2D eigenvalue weighted by Gasteiger charge is -2.08. The van der Waals surface area contributed by atoms with E-state index in [-0.39, 0.29) is 11.5 Å². The predicted molar refractivity (Wildman–Crippen MR) is 58.2 cm³/mol. The number of rotatable bonds is 3. The Morgan fingerprint density at radius 2 is 2.07 bits per heavy atom. The lowest BCUT2D eigenvalue weighted by molar-refractivity contribution is 0.597. The minimum Gasteiger partial charge on any atom is -0.327 e. The van der Waals surface area contributed by atoms with Crippen molar-refractivity contribution < 1.29 is 8.78 Å². The molecule has 3 heteroatoms. The van der Waals surface area contributed by atoms with E-state index in [1.54, 1.807) is 6.08 Å². The summed E-state index contributed by atoms with van der Waals surface area (Å²) in [5.41, 5.74) is 6.68. The Kier molecular flexibility index (Phi) is 3.97. The molecule has 1 nitrogen and oxygen atoms in total. The van der Waals surface area contributed by atoms with Crippen LogP contribution in [0.3, 0.4) is 0 Å². The third kappa shape index (κ3) is 3.13. The van der Waals surface area contributed by atoms with Crippen LogP contribution in [0.5, 0.6) is 0 Å². The molecule has 0 heterocycles. The lowest BCUT2D eigenvalue weighted by atomic mass is 10.0. The van der Waals surface area contributed by atoms with E-state index in [2.05, 4.69) is 0 Å². The summed E-state index contributed by atoms with van der Waals surface area (Å²) >= 11 is 0. The topological polar surface area (TPSA) is 26.0 Å². The SMILES string of the molecule is CC(C)C(=Cc1cc(F)ccc1F)CN. The van der Waals surface area contributed by atoms with E-state index >= 15 is 0 Å². The van der Waals surface area contributed by atoms with Gasteiger partial charge in [-0.25, -0.2) is 8.78 Å². The first kappa shape index (κ1) is 11.9. The van der Waals surface area contributed by atoms with Crippen molar-refractivity contribution in [3.63, 3.8) is 0 Å². The van der Waals surface area contributed by atoms with E-state index in [0.29, 0.717) is 6.54 Å². The fraction of sp³-hybridized carbons (Fsp3) is 0.333. The van der Waals surface area contributed by atoms with Gasteiger partial charge in [0, 0.05) is 12.1 Å². The number of hydrogen-bond donors (Lipinski definition) is 1. The zero-order valence-electron chi connectivity index (χ0n) is 8.93. The zero-order chi connectivity index (χ0) is 11.4. The minimum absolute atomic E-state index is 0.234. The average Bonchev–Trinajstić information content (AvgIpc) is 2.18. The minimum atomic E-state index is -0.442. The van der Waals surface area contributed by atoms with Crippen LogP contribution in [0.2, 0.25) is 0 Å². The summed E-state index contributed by atoms with van der Waals surface area (Å²) in [6.45, 7) is 4.29. The number of halogens is 2. The second-order valence-electron chi connectivity index (χ2n) is 3.74. The van der Waals surface area contributed by atoms with E-state index in [9.17, 15) is 8.78 Å². The largest absolute Gasteiger partial charge is 0.327 e. The second-order valence-corrected chi connectivity index (χ2v) is 3.74. The van der Waals surface area contributed by atoms with Crippen molar-refractivity contribution in [3.05, 3.63) is 41.0 Å². The van der Waals surface area contributed by atoms with Crippen LogP contribution >= 0.6 is 0 Å². The molecule has 0 aromatic heterocycles. The molecule has 0 atom stereocenters. The molecule has 0 radical (unpaired) electrons. The second kappa shape index (κ2) is 5.03. The first-order chi connectivity index (χ1) is 7.04. The Labute approximate surface area is 88.6 Å². The first-order valence-corrected chi connectivity index (χ1v) is 4.90. The van der Waals surface area contributed by atoms with Crippen LogP contribution in [0.15, 0.2) is 23.8 Å². The molecule has 0 aliphatic carbocycles. The zero-order valence-corrected chi connectivity index (χ0v) is 8.93. The van der Waals surface area contributed by atoms with Crippen LogP contribution in [0.25, 0.3) is 6.08 Å². The number of hydrogen-bond acceptors (Lipinski definition) is 1. The van der Waals surface area contributed by atoms with Gasteiger partial charge >= 0.3 is 0 Å². The maximum atomic E-state index is 13.3. The van der Waals surface area contributed by atoms with Gasteiger partial charge in [0.1, 0.15) is 11.6 Å². The Morgan fingerprint density at radius 3 is 2.60 bits per heavy atom. The van der Waals surface area contributed by atoms with Gasteiger partial charge in [-0.2, -0.15) is 0 Å². The molecule has 0 aliphatic heterocycles. The summed E-state index contributed by atoms with van der Waals surface area (Å²) in [6, 6.07) is 3.40. The Bertz CT molecular complexity index is 370. The van der Waals surface area contributed by atoms with Crippen LogP contribution in [0, 0.1) is 17.6 Å². The smallest absolute Gasteiger partial charge is 0.130 e. The molecule has 0 fully saturated rings. The third-order valence-electron chi connectivity index (χ3n) is 2.28. The maximum absolute atomic E-state index is 13.3. The van der Waals surface area contributed by atoms with Crippen molar-refractivity contribution >= 4 is 6.08 Å². The van der Waals surface area contributed by atoms with Gasteiger partial charge in [0.15, 0.2) is 0 Å². The Morgan fingerprint density at radius 1 is 1.40 bits per heavy atom. The van der Waals surface area contributed by atoms with E-state index in [1.165, 1.54) is 6.07 Å². The average molecular weight is 211 g/mol. The number of nitrogens with two attached hydrogens (primary N) is 1. The molecule has 0 aliphatic rings. The lowest BCUT2D eigenvalue weighted by Crippen LogP contribution is -2.08. The highest BCUT2D eigenvalue weighted by molar-refractivity contribution is 5.54. The standard InChI is InChI=1S/C12H15F2N/c1-8(2)10(7-15)5-9-6-11(13)3-4-12(9)14/h3-6,8H,7,15H2,1-2H3. The van der Waals surface area contributed by atoms with Crippen molar-refractivity contribution in [2.24, 2.45) is 11.7 Å². The van der Waals surface area contributed by atoms with Gasteiger partial charge in [-0.1, -0.05) is 25.5 Å². The molecule has 82 valence electrons. The van der Waals surface area contributed by atoms with E-state index in [1.807, 2.05) is 13.8 Å². The number of benzene rings is 1. The summed E-state index contributed by atoms with van der Waals surface area (Å²) < 4.78 is 26.2. The van der Waals surface area contributed by atoms with E-state index in [0.717, 1.165) is 17.7 Å². The highest BCUT2D eigenvalue weighted by Crippen LogP contribution is 2.17. The van der Waals surface area contributed by atoms with Crippen LogP contribution in [0.1, 0.15) is 19.4 Å². The molecule has 0 spiro atoms. The molecule has 15 heavy (non-hydrogen) atoms. The molecule has 1 aromatic carbocycles. The summed E-state index contributed by atoms with van der Waals surface area (Å²) in [4.78, 5) is 0. The molecule has 0 saturated heterocycles. The molecule has 2 N–H and O–H groups in total. The summed E-state index contributed by atoms with van der Waals surface area (Å²) in [5.74, 6) is -0.636. The third-order valence-corrected chi connectivity index (χ3v) is 2.28. The van der Waals surface area contributed by atoms with Crippen LogP contribution < -0.4 is 5.73 Å². The van der Waals surface area contributed by atoms with Crippen molar-refractivity contribution in [2.45, 2.75) is 13.8 Å². The van der Waals surface area contributed by atoms with Crippen molar-refractivity contribution in [2.75, 3.05) is 6.54 Å². The first-order valence-electron chi connectivity index (χ1n) is 4.90. The van der Waals surface area contributed by atoms with E-state index < -0.39 is 11.6 Å². The molecule has 1 rings (SSSR count). The molecular weight excluding hydrogens is 196 g/mol. The van der Waals surface area contributed by atoms with Crippen molar-refractivity contribution in [1.82, 2.24) is 0 Å². The Balaban J connectivity index is 3.10. The van der Waals surface area contributed by atoms with Crippen LogP contribution in [0.4, 0.5) is 8.78 Å². The van der Waals surface area contributed by atoms with Crippen molar-refractivity contribution in [1.29, 1.82) is 0 Å². The van der Waals surface area contributed by atoms with E-state index in [4.69, 9.17) is 5.73 Å².